The van der Waals surface area contributed by atoms with E-state index in [2.05, 4.69) is 16.7 Å². The lowest BCUT2D eigenvalue weighted by Crippen LogP contribution is -2.49. The summed E-state index contributed by atoms with van der Waals surface area (Å²) in [5, 5.41) is 5.60. The molecule has 1 fully saturated rings. The number of nitrogens with one attached hydrogen (secondary N) is 2. The van der Waals surface area contributed by atoms with E-state index in [1.54, 1.807) is 0 Å². The second-order valence-electron chi connectivity index (χ2n) is 5.78. The molecule has 3 rings (SSSR count). The molecule has 0 bridgehead atoms. The van der Waals surface area contributed by atoms with Gasteiger partial charge in [-0.1, -0.05) is 24.3 Å². The molecule has 0 radical (unpaired) electrons. The Labute approximate surface area is 125 Å². The molecule has 1 saturated heterocycles. The Kier molecular flexibility index (Phi) is 3.99. The Hall–Kier alpha value is -1.40. The lowest BCUT2D eigenvalue weighted by molar-refractivity contribution is -0.123. The topological polar surface area (TPSA) is 75.3 Å². The van der Waals surface area contributed by atoms with Gasteiger partial charge in [-0.15, -0.1) is 0 Å². The van der Waals surface area contributed by atoms with Crippen LogP contribution in [0.1, 0.15) is 24.0 Å². The van der Waals surface area contributed by atoms with Gasteiger partial charge in [0.25, 0.3) is 0 Å². The fraction of sp³-hybridized carbons (Fsp3) is 0.533. The molecule has 6 heteroatoms. The summed E-state index contributed by atoms with van der Waals surface area (Å²) in [6, 6.07) is 7.79. The van der Waals surface area contributed by atoms with Crippen molar-refractivity contribution in [3.8, 4) is 0 Å². The van der Waals surface area contributed by atoms with Gasteiger partial charge < -0.3 is 10.6 Å². The summed E-state index contributed by atoms with van der Waals surface area (Å²) in [6.45, 7) is 0.914. The van der Waals surface area contributed by atoms with Crippen LogP contribution in [0.15, 0.2) is 24.3 Å². The SMILES string of the molecule is O=C(NCC1CCCS1(=O)=O)[C@H]1Cc2ccccc2CN1. The van der Waals surface area contributed by atoms with Crippen LogP contribution in [0.2, 0.25) is 0 Å². The first kappa shape index (κ1) is 14.5. The highest BCUT2D eigenvalue weighted by Crippen LogP contribution is 2.19. The van der Waals surface area contributed by atoms with E-state index in [0.29, 0.717) is 25.8 Å². The van der Waals surface area contributed by atoms with Gasteiger partial charge in [-0.3, -0.25) is 4.79 Å². The van der Waals surface area contributed by atoms with Crippen molar-refractivity contribution in [1.82, 2.24) is 10.6 Å². The second-order valence-corrected chi connectivity index (χ2v) is 8.18. The number of sulfone groups is 1. The monoisotopic (exact) mass is 308 g/mol. The summed E-state index contributed by atoms with van der Waals surface area (Å²) < 4.78 is 23.5. The standard InChI is InChI=1S/C15H20N2O3S/c18-15(17-10-13-6-3-7-21(13,19)20)14-8-11-4-1-2-5-12(11)9-16-14/h1-2,4-5,13-14,16H,3,6-10H2,(H,17,18)/t13?,14-/m1/s1. The highest BCUT2D eigenvalue weighted by Gasteiger charge is 2.32. The molecule has 2 aliphatic heterocycles. The Morgan fingerprint density at radius 2 is 2.05 bits per heavy atom. The van der Waals surface area contributed by atoms with E-state index >= 15 is 0 Å². The summed E-state index contributed by atoms with van der Waals surface area (Å²) >= 11 is 0. The third-order valence-corrected chi connectivity index (χ3v) is 6.64. The minimum Gasteiger partial charge on any atom is -0.353 e. The van der Waals surface area contributed by atoms with Crippen molar-refractivity contribution in [2.45, 2.75) is 37.1 Å². The number of fused-ring (bicyclic) bond motifs is 1. The highest BCUT2D eigenvalue weighted by atomic mass is 32.2. The molecule has 1 aromatic rings. The van der Waals surface area contributed by atoms with Crippen LogP contribution in [-0.2, 0) is 27.6 Å². The van der Waals surface area contributed by atoms with Crippen LogP contribution >= 0.6 is 0 Å². The number of hydrogen-bond donors (Lipinski definition) is 2. The normalized spacial score (nSPS) is 27.0. The first-order valence-corrected chi connectivity index (χ1v) is 9.07. The molecule has 2 heterocycles. The van der Waals surface area contributed by atoms with Crippen molar-refractivity contribution in [3.63, 3.8) is 0 Å². The molecule has 0 spiro atoms. The summed E-state index contributed by atoms with van der Waals surface area (Å²) in [6.07, 6.45) is 2.01. The molecule has 2 N–H and O–H groups in total. The molecular weight excluding hydrogens is 288 g/mol. The van der Waals surface area contributed by atoms with Gasteiger partial charge in [0.15, 0.2) is 9.84 Å². The van der Waals surface area contributed by atoms with Gasteiger partial charge in [0.1, 0.15) is 0 Å². The van der Waals surface area contributed by atoms with Gasteiger partial charge in [0.2, 0.25) is 5.91 Å². The molecule has 114 valence electrons. The van der Waals surface area contributed by atoms with Crippen LogP contribution in [0.3, 0.4) is 0 Å². The van der Waals surface area contributed by atoms with Crippen molar-refractivity contribution >= 4 is 15.7 Å². The maximum Gasteiger partial charge on any atom is 0.237 e. The number of hydrogen-bond acceptors (Lipinski definition) is 4. The molecule has 21 heavy (non-hydrogen) atoms. The smallest absolute Gasteiger partial charge is 0.237 e. The van der Waals surface area contributed by atoms with E-state index in [9.17, 15) is 13.2 Å². The van der Waals surface area contributed by atoms with E-state index in [4.69, 9.17) is 0 Å². The summed E-state index contributed by atoms with van der Waals surface area (Å²) in [5.74, 6) is 0.148. The molecule has 2 aliphatic rings. The summed E-state index contributed by atoms with van der Waals surface area (Å²) in [4.78, 5) is 12.2. The molecule has 0 aliphatic carbocycles. The zero-order valence-corrected chi connectivity index (χ0v) is 12.7. The van der Waals surface area contributed by atoms with Gasteiger partial charge in [-0.05, 0) is 30.4 Å². The molecule has 5 nitrogen and oxygen atoms in total. The Morgan fingerprint density at radius 1 is 1.29 bits per heavy atom. The van der Waals surface area contributed by atoms with Crippen LogP contribution < -0.4 is 10.6 Å². The highest BCUT2D eigenvalue weighted by molar-refractivity contribution is 7.92. The number of carbonyl (C=O) groups excluding carboxylic acids is 1. The third-order valence-electron chi connectivity index (χ3n) is 4.36. The molecule has 2 atom stereocenters. The lowest BCUT2D eigenvalue weighted by atomic mass is 9.95. The Bertz CT molecular complexity index is 642. The molecular formula is C15H20N2O3S. The maximum absolute atomic E-state index is 12.2. The van der Waals surface area contributed by atoms with Crippen LogP contribution in [0, 0.1) is 0 Å². The van der Waals surface area contributed by atoms with Crippen LogP contribution in [-0.4, -0.2) is 37.9 Å². The third kappa shape index (κ3) is 3.11. The quantitative estimate of drug-likeness (QED) is 0.847. The van der Waals surface area contributed by atoms with Crippen molar-refractivity contribution in [2.75, 3.05) is 12.3 Å². The van der Waals surface area contributed by atoms with E-state index < -0.39 is 15.1 Å². The molecule has 1 unspecified atom stereocenters. The average molecular weight is 308 g/mol. The Morgan fingerprint density at radius 3 is 2.76 bits per heavy atom. The van der Waals surface area contributed by atoms with Crippen molar-refractivity contribution in [3.05, 3.63) is 35.4 Å². The molecule has 0 saturated carbocycles. The second kappa shape index (κ2) is 5.77. The summed E-state index contributed by atoms with van der Waals surface area (Å²) in [5.41, 5.74) is 2.41. The number of rotatable bonds is 3. The van der Waals surface area contributed by atoms with Crippen molar-refractivity contribution in [1.29, 1.82) is 0 Å². The van der Waals surface area contributed by atoms with E-state index in [0.717, 1.165) is 0 Å². The van der Waals surface area contributed by atoms with E-state index in [1.807, 2.05) is 18.2 Å². The largest absolute Gasteiger partial charge is 0.353 e. The molecule has 1 aromatic carbocycles. The van der Waals surface area contributed by atoms with Gasteiger partial charge in [-0.25, -0.2) is 8.42 Å². The minimum absolute atomic E-state index is 0.105. The minimum atomic E-state index is -3.00. The van der Waals surface area contributed by atoms with Crippen LogP contribution in [0.25, 0.3) is 0 Å². The first-order valence-electron chi connectivity index (χ1n) is 7.36. The Balaban J connectivity index is 1.57. The molecule has 0 aromatic heterocycles. The van der Waals surface area contributed by atoms with Gasteiger partial charge in [-0.2, -0.15) is 0 Å². The fourth-order valence-corrected chi connectivity index (χ4v) is 4.83. The number of carbonyl (C=O) groups is 1. The summed E-state index contributed by atoms with van der Waals surface area (Å²) in [7, 11) is -3.00. The number of benzene rings is 1. The average Bonchev–Trinajstić information content (AvgIpc) is 2.83. The van der Waals surface area contributed by atoms with Crippen molar-refractivity contribution < 1.29 is 13.2 Å². The van der Waals surface area contributed by atoms with E-state index in [-0.39, 0.29) is 24.2 Å². The fourth-order valence-electron chi connectivity index (χ4n) is 3.06. The van der Waals surface area contributed by atoms with Gasteiger partial charge in [0.05, 0.1) is 17.0 Å². The van der Waals surface area contributed by atoms with Gasteiger partial charge in [0, 0.05) is 13.1 Å². The zero-order valence-electron chi connectivity index (χ0n) is 11.8. The lowest BCUT2D eigenvalue weighted by Gasteiger charge is -2.25. The predicted octanol–water partition coefficient (Wildman–Crippen LogP) is 0.394. The number of amides is 1. The van der Waals surface area contributed by atoms with Crippen molar-refractivity contribution in [2.24, 2.45) is 0 Å². The van der Waals surface area contributed by atoms with E-state index in [1.165, 1.54) is 11.1 Å². The zero-order chi connectivity index (χ0) is 14.9. The maximum atomic E-state index is 12.2. The first-order chi connectivity index (χ1) is 10.1. The van der Waals surface area contributed by atoms with Crippen LogP contribution in [0.4, 0.5) is 0 Å². The molecule has 1 amide bonds. The predicted molar refractivity (Wildman–Crippen MR) is 80.6 cm³/mol. The van der Waals surface area contributed by atoms with Gasteiger partial charge >= 0.3 is 0 Å². The van der Waals surface area contributed by atoms with Crippen LogP contribution in [0.5, 0.6) is 0 Å².